The number of halogens is 1. The molecule has 0 aliphatic heterocycles. The number of aliphatic hydroxyl groups excluding tert-OH is 2. The molecule has 0 aliphatic rings. The van der Waals surface area contributed by atoms with E-state index in [4.69, 9.17) is 10.5 Å². The van der Waals surface area contributed by atoms with Crippen molar-refractivity contribution >= 4 is 11.8 Å². The summed E-state index contributed by atoms with van der Waals surface area (Å²) in [5, 5.41) is 22.2. The maximum Gasteiger partial charge on any atom is 0.407 e. The van der Waals surface area contributed by atoms with Gasteiger partial charge in [0.05, 0.1) is 0 Å². The zero-order chi connectivity index (χ0) is 17.1. The van der Waals surface area contributed by atoms with Gasteiger partial charge in [-0.2, -0.15) is 0 Å². The van der Waals surface area contributed by atoms with Crippen LogP contribution in [0.15, 0.2) is 12.1 Å². The van der Waals surface area contributed by atoms with Gasteiger partial charge in [-0.15, -0.1) is 0 Å². The minimum Gasteiger partial charge on any atom is -0.444 e. The first-order chi connectivity index (χ1) is 10.0. The van der Waals surface area contributed by atoms with E-state index in [1.165, 1.54) is 12.1 Å². The average molecular weight is 314 g/mol. The lowest BCUT2D eigenvalue weighted by molar-refractivity contribution is 0.0113. The molecular formula is C15H23FN2O4. The zero-order valence-corrected chi connectivity index (χ0v) is 13.2. The molecular weight excluding hydrogens is 291 g/mol. The smallest absolute Gasteiger partial charge is 0.407 e. The summed E-state index contributed by atoms with van der Waals surface area (Å²) in [5.41, 5.74) is 5.72. The summed E-state index contributed by atoms with van der Waals surface area (Å²) >= 11 is 0. The van der Waals surface area contributed by atoms with Crippen LogP contribution in [0.5, 0.6) is 0 Å². The molecule has 1 aromatic rings. The first-order valence-electron chi connectivity index (χ1n) is 6.89. The highest BCUT2D eigenvalue weighted by atomic mass is 19.1. The lowest BCUT2D eigenvalue weighted by Crippen LogP contribution is -2.39. The van der Waals surface area contributed by atoms with Crippen molar-refractivity contribution in [1.82, 2.24) is 5.32 Å². The van der Waals surface area contributed by atoms with Crippen LogP contribution in [0.4, 0.5) is 14.9 Å². The Morgan fingerprint density at radius 2 is 2.00 bits per heavy atom. The minimum absolute atomic E-state index is 0.124. The van der Waals surface area contributed by atoms with Gasteiger partial charge in [-0.3, -0.25) is 0 Å². The van der Waals surface area contributed by atoms with Gasteiger partial charge in [0.1, 0.15) is 23.6 Å². The van der Waals surface area contributed by atoms with Gasteiger partial charge in [-0.25, -0.2) is 9.18 Å². The molecule has 0 bridgehead atoms. The molecule has 0 saturated heterocycles. The fraction of sp³-hybridized carbons (Fsp3) is 0.533. The number of benzene rings is 1. The topological polar surface area (TPSA) is 105 Å². The molecule has 2 unspecified atom stereocenters. The lowest BCUT2D eigenvalue weighted by Gasteiger charge is -2.22. The van der Waals surface area contributed by atoms with Gasteiger partial charge in [0.15, 0.2) is 0 Å². The van der Waals surface area contributed by atoms with E-state index in [1.54, 1.807) is 27.7 Å². The molecule has 0 aliphatic carbocycles. The number of hydrogen-bond donors (Lipinski definition) is 4. The molecule has 0 radical (unpaired) electrons. The van der Waals surface area contributed by atoms with E-state index >= 15 is 0 Å². The molecule has 7 heteroatoms. The summed E-state index contributed by atoms with van der Waals surface area (Å²) in [7, 11) is 0. The number of aliphatic hydroxyl groups is 2. The number of anilines is 1. The fourth-order valence-electron chi connectivity index (χ4n) is 1.75. The molecule has 0 fully saturated rings. The highest BCUT2D eigenvalue weighted by molar-refractivity contribution is 5.67. The van der Waals surface area contributed by atoms with Crippen LogP contribution in [-0.2, 0) is 4.74 Å². The molecule has 6 nitrogen and oxygen atoms in total. The van der Waals surface area contributed by atoms with Crippen molar-refractivity contribution < 1.29 is 24.1 Å². The Hall–Kier alpha value is -1.86. The van der Waals surface area contributed by atoms with Crippen LogP contribution in [0, 0.1) is 12.7 Å². The Morgan fingerprint density at radius 1 is 1.41 bits per heavy atom. The Labute approximate surface area is 129 Å². The van der Waals surface area contributed by atoms with Crippen LogP contribution in [0.2, 0.25) is 0 Å². The number of ether oxygens (including phenoxy) is 1. The van der Waals surface area contributed by atoms with E-state index < -0.39 is 29.7 Å². The maximum atomic E-state index is 13.8. The number of carbonyl (C=O) groups excluding carboxylic acids is 1. The van der Waals surface area contributed by atoms with Crippen molar-refractivity contribution in [2.75, 3.05) is 12.3 Å². The predicted molar refractivity (Wildman–Crippen MR) is 80.8 cm³/mol. The van der Waals surface area contributed by atoms with Crippen LogP contribution in [0.1, 0.15) is 38.0 Å². The van der Waals surface area contributed by atoms with Crippen LogP contribution in [0.25, 0.3) is 0 Å². The van der Waals surface area contributed by atoms with E-state index in [-0.39, 0.29) is 12.1 Å². The highest BCUT2D eigenvalue weighted by Gasteiger charge is 2.24. The highest BCUT2D eigenvalue weighted by Crippen LogP contribution is 2.25. The molecule has 1 rings (SSSR count). The third-order valence-corrected chi connectivity index (χ3v) is 2.92. The van der Waals surface area contributed by atoms with Crippen LogP contribution in [0.3, 0.4) is 0 Å². The van der Waals surface area contributed by atoms with E-state index in [1.807, 2.05) is 0 Å². The second-order valence-electron chi connectivity index (χ2n) is 6.13. The molecule has 0 aromatic heterocycles. The maximum absolute atomic E-state index is 13.8. The summed E-state index contributed by atoms with van der Waals surface area (Å²) < 4.78 is 18.8. The van der Waals surface area contributed by atoms with Crippen LogP contribution < -0.4 is 11.1 Å². The van der Waals surface area contributed by atoms with Gasteiger partial charge >= 0.3 is 6.09 Å². The monoisotopic (exact) mass is 314 g/mol. The summed E-state index contributed by atoms with van der Waals surface area (Å²) in [6.07, 6.45) is -3.65. The Kier molecular flexibility index (Phi) is 5.73. The van der Waals surface area contributed by atoms with Crippen molar-refractivity contribution in [3.63, 3.8) is 0 Å². The third kappa shape index (κ3) is 5.16. The van der Waals surface area contributed by atoms with Crippen molar-refractivity contribution in [2.45, 2.75) is 45.5 Å². The third-order valence-electron chi connectivity index (χ3n) is 2.92. The van der Waals surface area contributed by atoms with Crippen LogP contribution >= 0.6 is 0 Å². The predicted octanol–water partition coefficient (Wildman–Crippen LogP) is 1.64. The number of amides is 1. The van der Waals surface area contributed by atoms with Gasteiger partial charge in [-0.1, -0.05) is 0 Å². The number of nitrogens with one attached hydrogen (secondary N) is 1. The number of nitrogen functional groups attached to an aromatic ring is 1. The normalized spacial score (nSPS) is 14.3. The van der Waals surface area contributed by atoms with E-state index in [0.717, 1.165) is 0 Å². The average Bonchev–Trinajstić information content (AvgIpc) is 2.37. The molecule has 22 heavy (non-hydrogen) atoms. The largest absolute Gasteiger partial charge is 0.444 e. The standard InChI is InChI=1S/C15H23FN2O4/c1-8-5-10(16)9(6-11(8)17)13(20)12(19)7-18-14(21)22-15(2,3)4/h5-6,12-13,19-20H,7,17H2,1-4H3,(H,18,21). The summed E-state index contributed by atoms with van der Waals surface area (Å²) in [4.78, 5) is 11.5. The van der Waals surface area contributed by atoms with Crippen molar-refractivity contribution in [2.24, 2.45) is 0 Å². The molecule has 124 valence electrons. The molecule has 5 N–H and O–H groups in total. The van der Waals surface area contributed by atoms with E-state index in [2.05, 4.69) is 5.32 Å². The number of carbonyl (C=O) groups is 1. The Morgan fingerprint density at radius 3 is 2.55 bits per heavy atom. The fourth-order valence-corrected chi connectivity index (χ4v) is 1.75. The molecule has 2 atom stereocenters. The van der Waals surface area contributed by atoms with E-state index in [0.29, 0.717) is 11.3 Å². The number of aryl methyl sites for hydroxylation is 1. The van der Waals surface area contributed by atoms with Gasteiger partial charge in [0, 0.05) is 17.8 Å². The molecule has 1 aromatic carbocycles. The zero-order valence-electron chi connectivity index (χ0n) is 13.2. The van der Waals surface area contributed by atoms with Gasteiger partial charge in [0.2, 0.25) is 0 Å². The second-order valence-corrected chi connectivity index (χ2v) is 6.13. The van der Waals surface area contributed by atoms with Crippen molar-refractivity contribution in [1.29, 1.82) is 0 Å². The first-order valence-corrected chi connectivity index (χ1v) is 6.89. The van der Waals surface area contributed by atoms with Gasteiger partial charge in [-0.05, 0) is 45.4 Å². The van der Waals surface area contributed by atoms with Gasteiger partial charge in [0.25, 0.3) is 0 Å². The Balaban J connectivity index is 2.68. The lowest BCUT2D eigenvalue weighted by atomic mass is 10.0. The van der Waals surface area contributed by atoms with Crippen molar-refractivity contribution in [3.05, 3.63) is 29.1 Å². The summed E-state index contributed by atoms with van der Waals surface area (Å²) in [6.45, 7) is 6.44. The SMILES string of the molecule is Cc1cc(F)c(C(O)C(O)CNC(=O)OC(C)(C)C)cc1N. The van der Waals surface area contributed by atoms with Crippen LogP contribution in [-0.4, -0.2) is 34.6 Å². The number of nitrogens with two attached hydrogens (primary N) is 1. The summed E-state index contributed by atoms with van der Waals surface area (Å²) in [6, 6.07) is 2.45. The van der Waals surface area contributed by atoms with E-state index in [9.17, 15) is 19.4 Å². The minimum atomic E-state index is -1.52. The quantitative estimate of drug-likeness (QED) is 0.632. The molecule has 0 spiro atoms. The van der Waals surface area contributed by atoms with Gasteiger partial charge < -0.3 is 26.0 Å². The first kappa shape index (κ1) is 18.2. The Bertz CT molecular complexity index is 543. The molecule has 1 amide bonds. The summed E-state index contributed by atoms with van der Waals surface area (Å²) in [5.74, 6) is -0.671. The second kappa shape index (κ2) is 6.93. The number of rotatable bonds is 4. The van der Waals surface area contributed by atoms with Crippen molar-refractivity contribution in [3.8, 4) is 0 Å². The molecule has 0 saturated carbocycles. The molecule has 0 heterocycles. The number of hydrogen-bond acceptors (Lipinski definition) is 5. The number of alkyl carbamates (subject to hydrolysis) is 1.